The van der Waals surface area contributed by atoms with Crippen LogP contribution in [0.2, 0.25) is 0 Å². The summed E-state index contributed by atoms with van der Waals surface area (Å²) >= 11 is 0. The van der Waals surface area contributed by atoms with E-state index in [4.69, 9.17) is 4.74 Å². The van der Waals surface area contributed by atoms with Crippen LogP contribution in [0.5, 0.6) is 0 Å². The fraction of sp³-hybridized carbons (Fsp3) is 0.263. The SMILES string of the molecule is COC(=O)c1ccc(C)c(NC(=O)CCc2ccc(C)cc2)c1. The summed E-state index contributed by atoms with van der Waals surface area (Å²) in [5.74, 6) is -0.490. The molecule has 2 aromatic carbocycles. The summed E-state index contributed by atoms with van der Waals surface area (Å²) in [7, 11) is 1.34. The highest BCUT2D eigenvalue weighted by molar-refractivity contribution is 5.95. The highest BCUT2D eigenvalue weighted by atomic mass is 16.5. The molecule has 0 bridgehead atoms. The van der Waals surface area contributed by atoms with Gasteiger partial charge in [-0.05, 0) is 43.5 Å². The highest BCUT2D eigenvalue weighted by Crippen LogP contribution is 2.18. The van der Waals surface area contributed by atoms with Crippen LogP contribution >= 0.6 is 0 Å². The minimum absolute atomic E-state index is 0.0734. The van der Waals surface area contributed by atoms with Crippen LogP contribution in [0.15, 0.2) is 42.5 Å². The molecule has 0 unspecified atom stereocenters. The van der Waals surface area contributed by atoms with E-state index in [0.717, 1.165) is 11.1 Å². The standard InChI is InChI=1S/C19H21NO3/c1-13-4-7-15(8-5-13)9-11-18(21)20-17-12-16(19(22)23-3)10-6-14(17)2/h4-8,10,12H,9,11H2,1-3H3,(H,20,21). The van der Waals surface area contributed by atoms with Crippen LogP contribution in [-0.2, 0) is 16.0 Å². The van der Waals surface area contributed by atoms with Crippen LogP contribution in [0, 0.1) is 13.8 Å². The van der Waals surface area contributed by atoms with Crippen LogP contribution in [0.25, 0.3) is 0 Å². The molecule has 1 amide bonds. The number of carbonyl (C=O) groups excluding carboxylic acids is 2. The molecule has 0 aliphatic heterocycles. The first-order chi connectivity index (χ1) is 11.0. The Morgan fingerprint density at radius 3 is 2.39 bits per heavy atom. The highest BCUT2D eigenvalue weighted by Gasteiger charge is 2.10. The average Bonchev–Trinajstić information content (AvgIpc) is 2.55. The van der Waals surface area contributed by atoms with E-state index in [2.05, 4.69) is 5.32 Å². The molecule has 2 aromatic rings. The number of amides is 1. The van der Waals surface area contributed by atoms with Crippen LogP contribution in [0.3, 0.4) is 0 Å². The number of hydrogen-bond acceptors (Lipinski definition) is 3. The van der Waals surface area contributed by atoms with E-state index in [1.165, 1.54) is 12.7 Å². The van der Waals surface area contributed by atoms with Gasteiger partial charge in [0.25, 0.3) is 0 Å². The van der Waals surface area contributed by atoms with Gasteiger partial charge >= 0.3 is 5.97 Å². The minimum atomic E-state index is -0.417. The molecule has 0 aliphatic rings. The molecule has 0 aliphatic carbocycles. The molecule has 0 heterocycles. The predicted octanol–water partition coefficient (Wildman–Crippen LogP) is 3.66. The van der Waals surface area contributed by atoms with Crippen molar-refractivity contribution in [1.29, 1.82) is 0 Å². The number of hydrogen-bond donors (Lipinski definition) is 1. The maximum Gasteiger partial charge on any atom is 0.337 e. The lowest BCUT2D eigenvalue weighted by Gasteiger charge is -2.10. The summed E-state index contributed by atoms with van der Waals surface area (Å²) in [5, 5.41) is 2.86. The molecular weight excluding hydrogens is 290 g/mol. The van der Waals surface area contributed by atoms with E-state index in [-0.39, 0.29) is 5.91 Å². The van der Waals surface area contributed by atoms with Gasteiger partial charge in [0, 0.05) is 12.1 Å². The number of ether oxygens (including phenoxy) is 1. The molecule has 0 aromatic heterocycles. The first kappa shape index (κ1) is 16.7. The maximum absolute atomic E-state index is 12.1. The number of benzene rings is 2. The molecule has 2 rings (SSSR count). The maximum atomic E-state index is 12.1. The molecule has 0 fully saturated rings. The zero-order valence-corrected chi connectivity index (χ0v) is 13.7. The van der Waals surface area contributed by atoms with Crippen molar-refractivity contribution in [2.24, 2.45) is 0 Å². The average molecular weight is 311 g/mol. The molecule has 120 valence electrons. The van der Waals surface area contributed by atoms with Crippen LogP contribution in [0.1, 0.15) is 33.5 Å². The first-order valence-electron chi connectivity index (χ1n) is 7.54. The van der Waals surface area contributed by atoms with E-state index in [1.807, 2.05) is 38.1 Å². The summed E-state index contributed by atoms with van der Waals surface area (Å²) in [6.45, 7) is 3.92. The van der Waals surface area contributed by atoms with Crippen molar-refractivity contribution in [3.05, 3.63) is 64.7 Å². The lowest BCUT2D eigenvalue weighted by Crippen LogP contribution is -2.14. The van der Waals surface area contributed by atoms with Crippen molar-refractivity contribution >= 4 is 17.6 Å². The molecule has 4 heteroatoms. The molecule has 0 radical (unpaired) electrons. The van der Waals surface area contributed by atoms with Crippen molar-refractivity contribution in [2.75, 3.05) is 12.4 Å². The number of aryl methyl sites for hydroxylation is 3. The summed E-state index contributed by atoms with van der Waals surface area (Å²) in [6, 6.07) is 13.3. The number of nitrogens with one attached hydrogen (secondary N) is 1. The first-order valence-corrected chi connectivity index (χ1v) is 7.54. The molecule has 0 saturated heterocycles. The van der Waals surface area contributed by atoms with Gasteiger partial charge < -0.3 is 10.1 Å². The van der Waals surface area contributed by atoms with E-state index in [0.29, 0.717) is 24.1 Å². The van der Waals surface area contributed by atoms with Gasteiger partial charge in [0.15, 0.2) is 0 Å². The Bertz CT molecular complexity index is 705. The van der Waals surface area contributed by atoms with E-state index < -0.39 is 5.97 Å². The normalized spacial score (nSPS) is 10.2. The van der Waals surface area contributed by atoms with Crippen LogP contribution in [0.4, 0.5) is 5.69 Å². The molecule has 4 nitrogen and oxygen atoms in total. The molecule has 1 N–H and O–H groups in total. The largest absolute Gasteiger partial charge is 0.465 e. The third-order valence-corrected chi connectivity index (χ3v) is 3.69. The Labute approximate surface area is 136 Å². The van der Waals surface area contributed by atoms with Gasteiger partial charge in [-0.25, -0.2) is 4.79 Å². The fourth-order valence-corrected chi connectivity index (χ4v) is 2.23. The van der Waals surface area contributed by atoms with E-state index in [1.54, 1.807) is 18.2 Å². The number of esters is 1. The Hall–Kier alpha value is -2.62. The van der Waals surface area contributed by atoms with Gasteiger partial charge in [0.1, 0.15) is 0 Å². The Kier molecular flexibility index (Phi) is 5.52. The third kappa shape index (κ3) is 4.68. The second-order valence-electron chi connectivity index (χ2n) is 5.56. The Morgan fingerprint density at radius 1 is 1.04 bits per heavy atom. The van der Waals surface area contributed by atoms with E-state index in [9.17, 15) is 9.59 Å². The van der Waals surface area contributed by atoms with Crippen molar-refractivity contribution in [2.45, 2.75) is 26.7 Å². The zero-order valence-electron chi connectivity index (χ0n) is 13.7. The Morgan fingerprint density at radius 2 is 1.74 bits per heavy atom. The Balaban J connectivity index is 1.99. The van der Waals surface area contributed by atoms with Gasteiger partial charge in [-0.15, -0.1) is 0 Å². The van der Waals surface area contributed by atoms with Crippen LogP contribution in [-0.4, -0.2) is 19.0 Å². The van der Waals surface area contributed by atoms with Gasteiger partial charge in [0.2, 0.25) is 5.91 Å². The van der Waals surface area contributed by atoms with Crippen molar-refractivity contribution in [3.8, 4) is 0 Å². The van der Waals surface area contributed by atoms with Crippen LogP contribution < -0.4 is 5.32 Å². The third-order valence-electron chi connectivity index (χ3n) is 3.69. The van der Waals surface area contributed by atoms with Crippen molar-refractivity contribution in [3.63, 3.8) is 0 Å². The minimum Gasteiger partial charge on any atom is -0.465 e. The monoisotopic (exact) mass is 311 g/mol. The molecule has 0 spiro atoms. The molecular formula is C19H21NO3. The molecule has 0 saturated carbocycles. The molecule has 23 heavy (non-hydrogen) atoms. The predicted molar refractivity (Wildman–Crippen MR) is 90.6 cm³/mol. The van der Waals surface area contributed by atoms with Crippen molar-refractivity contribution in [1.82, 2.24) is 0 Å². The fourth-order valence-electron chi connectivity index (χ4n) is 2.23. The van der Waals surface area contributed by atoms with E-state index >= 15 is 0 Å². The van der Waals surface area contributed by atoms with Gasteiger partial charge in [0.05, 0.1) is 12.7 Å². The summed E-state index contributed by atoms with van der Waals surface area (Å²) in [6.07, 6.45) is 1.08. The lowest BCUT2D eigenvalue weighted by atomic mass is 10.1. The van der Waals surface area contributed by atoms with Gasteiger partial charge in [-0.2, -0.15) is 0 Å². The quantitative estimate of drug-likeness (QED) is 0.857. The second kappa shape index (κ2) is 7.58. The summed E-state index contributed by atoms with van der Waals surface area (Å²) in [5.41, 5.74) is 4.30. The summed E-state index contributed by atoms with van der Waals surface area (Å²) in [4.78, 5) is 23.7. The zero-order chi connectivity index (χ0) is 16.8. The number of rotatable bonds is 5. The van der Waals surface area contributed by atoms with Crippen molar-refractivity contribution < 1.29 is 14.3 Å². The number of carbonyl (C=O) groups is 2. The van der Waals surface area contributed by atoms with Gasteiger partial charge in [-0.1, -0.05) is 35.9 Å². The number of anilines is 1. The smallest absolute Gasteiger partial charge is 0.337 e. The number of methoxy groups -OCH3 is 1. The van der Waals surface area contributed by atoms with Gasteiger partial charge in [-0.3, -0.25) is 4.79 Å². The topological polar surface area (TPSA) is 55.4 Å². The summed E-state index contributed by atoms with van der Waals surface area (Å²) < 4.78 is 4.70. The molecule has 0 atom stereocenters. The lowest BCUT2D eigenvalue weighted by molar-refractivity contribution is -0.116. The second-order valence-corrected chi connectivity index (χ2v) is 5.56.